The van der Waals surface area contributed by atoms with E-state index in [1.807, 2.05) is 13.0 Å². The maximum absolute atomic E-state index is 13.0. The number of rotatable bonds is 15. The molecule has 0 aliphatic carbocycles. The lowest BCUT2D eigenvalue weighted by molar-refractivity contribution is -0.143. The van der Waals surface area contributed by atoms with Crippen LogP contribution in [-0.2, 0) is 30.5 Å². The molecule has 3 N–H and O–H groups in total. The summed E-state index contributed by atoms with van der Waals surface area (Å²) in [5.41, 5.74) is 0.756. The molecule has 0 saturated carbocycles. The van der Waals surface area contributed by atoms with Crippen LogP contribution in [0.1, 0.15) is 44.6 Å². The monoisotopic (exact) mass is 541 g/mol. The maximum atomic E-state index is 13.0. The molecule has 10 nitrogen and oxygen atoms in total. The molecule has 188 valence electrons. The molecule has 3 amide bonds. The third-order valence-electron chi connectivity index (χ3n) is 4.96. The highest BCUT2D eigenvalue weighted by Crippen LogP contribution is 2.11. The van der Waals surface area contributed by atoms with Crippen molar-refractivity contribution in [1.82, 2.24) is 15.5 Å². The highest BCUT2D eigenvalue weighted by atomic mass is 79.9. The van der Waals surface area contributed by atoms with Gasteiger partial charge < -0.3 is 20.5 Å². The van der Waals surface area contributed by atoms with Crippen LogP contribution in [0.15, 0.2) is 30.3 Å². The second-order valence-electron chi connectivity index (χ2n) is 7.67. The van der Waals surface area contributed by atoms with Gasteiger partial charge >= 0.3 is 12.1 Å². The number of ketones is 1. The van der Waals surface area contributed by atoms with E-state index in [-0.39, 0.29) is 49.3 Å². The number of carbonyl (C=O) groups excluding carboxylic acids is 4. The zero-order valence-electron chi connectivity index (χ0n) is 19.4. The summed E-state index contributed by atoms with van der Waals surface area (Å²) in [7, 11) is 1.35. The Balaban J connectivity index is 2.89. The van der Waals surface area contributed by atoms with Crippen molar-refractivity contribution in [2.45, 2.75) is 57.7 Å². The molecule has 0 bridgehead atoms. The van der Waals surface area contributed by atoms with Crippen LogP contribution in [0.4, 0.5) is 4.79 Å². The van der Waals surface area contributed by atoms with Crippen LogP contribution in [-0.4, -0.2) is 70.7 Å². The van der Waals surface area contributed by atoms with Crippen molar-refractivity contribution in [2.24, 2.45) is 0 Å². The number of carbonyl (C=O) groups is 5. The van der Waals surface area contributed by atoms with Crippen molar-refractivity contribution < 1.29 is 33.8 Å². The van der Waals surface area contributed by atoms with Gasteiger partial charge in [-0.1, -0.05) is 53.2 Å². The second kappa shape index (κ2) is 15.8. The molecule has 1 rings (SSSR count). The Bertz CT molecular complexity index is 835. The summed E-state index contributed by atoms with van der Waals surface area (Å²) in [5, 5.41) is 14.6. The number of carboxylic acids is 1. The van der Waals surface area contributed by atoms with E-state index in [0.717, 1.165) is 16.9 Å². The first kappa shape index (κ1) is 29.1. The molecule has 1 aromatic carbocycles. The fourth-order valence-corrected chi connectivity index (χ4v) is 3.25. The van der Waals surface area contributed by atoms with Gasteiger partial charge in [-0.15, -0.1) is 0 Å². The summed E-state index contributed by atoms with van der Waals surface area (Å²) in [5.74, 6) is -2.54. The molecule has 0 heterocycles. The van der Waals surface area contributed by atoms with Gasteiger partial charge in [0.2, 0.25) is 11.8 Å². The van der Waals surface area contributed by atoms with Crippen LogP contribution in [0.5, 0.6) is 0 Å². The average molecular weight is 542 g/mol. The molecular formula is C23H32BrN3O7. The van der Waals surface area contributed by atoms with Gasteiger partial charge in [-0.2, -0.15) is 0 Å². The average Bonchev–Trinajstić information content (AvgIpc) is 2.83. The molecule has 11 heteroatoms. The first-order valence-corrected chi connectivity index (χ1v) is 12.1. The number of hydrogen-bond acceptors (Lipinski definition) is 6. The summed E-state index contributed by atoms with van der Waals surface area (Å²) >= 11 is 3.01. The zero-order chi connectivity index (χ0) is 25.5. The highest BCUT2D eigenvalue weighted by Gasteiger charge is 2.31. The largest absolute Gasteiger partial charge is 0.480 e. The van der Waals surface area contributed by atoms with Gasteiger partial charge in [-0.05, 0) is 24.8 Å². The van der Waals surface area contributed by atoms with Gasteiger partial charge in [-0.3, -0.25) is 19.3 Å². The van der Waals surface area contributed by atoms with Gasteiger partial charge in [0.25, 0.3) is 0 Å². The van der Waals surface area contributed by atoms with E-state index in [1.165, 1.54) is 7.05 Å². The van der Waals surface area contributed by atoms with Crippen molar-refractivity contribution in [3.8, 4) is 0 Å². The summed E-state index contributed by atoms with van der Waals surface area (Å²) in [6, 6.07) is 6.51. The van der Waals surface area contributed by atoms with E-state index < -0.39 is 30.1 Å². The lowest BCUT2D eigenvalue weighted by Crippen LogP contribution is -2.52. The van der Waals surface area contributed by atoms with Gasteiger partial charge in [0, 0.05) is 26.4 Å². The molecular weight excluding hydrogens is 510 g/mol. The minimum Gasteiger partial charge on any atom is -0.480 e. The number of hydrogen-bond donors (Lipinski definition) is 3. The van der Waals surface area contributed by atoms with Crippen molar-refractivity contribution in [3.63, 3.8) is 0 Å². The topological polar surface area (TPSA) is 142 Å². The SMILES string of the molecule is CCCNC(=O)CCC(C(=O)NC(CCC(=O)CBr)C(=O)O)N(C)C(=O)OCc1ccccc1. The molecule has 0 saturated heterocycles. The fourth-order valence-electron chi connectivity index (χ4n) is 2.97. The minimum absolute atomic E-state index is 0.0122. The molecule has 0 fully saturated rings. The van der Waals surface area contributed by atoms with Crippen LogP contribution in [0.25, 0.3) is 0 Å². The Morgan fingerprint density at radius 2 is 1.76 bits per heavy atom. The van der Waals surface area contributed by atoms with E-state index in [9.17, 15) is 29.1 Å². The Morgan fingerprint density at radius 1 is 1.09 bits per heavy atom. The number of carboxylic acid groups (broad SMARTS) is 1. The van der Waals surface area contributed by atoms with E-state index >= 15 is 0 Å². The molecule has 0 spiro atoms. The second-order valence-corrected chi connectivity index (χ2v) is 8.23. The molecule has 1 aromatic rings. The van der Waals surface area contributed by atoms with Gasteiger partial charge in [0.05, 0.1) is 5.33 Å². The molecule has 0 aliphatic heterocycles. The first-order valence-electron chi connectivity index (χ1n) is 11.0. The van der Waals surface area contributed by atoms with E-state index in [4.69, 9.17) is 4.74 Å². The van der Waals surface area contributed by atoms with Crippen molar-refractivity contribution in [1.29, 1.82) is 0 Å². The number of benzene rings is 1. The Kier molecular flexibility index (Phi) is 13.5. The third kappa shape index (κ3) is 10.8. The van der Waals surface area contributed by atoms with Crippen molar-refractivity contribution in [2.75, 3.05) is 18.9 Å². The molecule has 0 radical (unpaired) electrons. The normalized spacial score (nSPS) is 12.2. The van der Waals surface area contributed by atoms with E-state index in [1.54, 1.807) is 24.3 Å². The fraction of sp³-hybridized carbons (Fsp3) is 0.522. The van der Waals surface area contributed by atoms with Crippen LogP contribution in [0, 0.1) is 0 Å². The summed E-state index contributed by atoms with van der Waals surface area (Å²) in [6.07, 6.45) is -0.272. The van der Waals surface area contributed by atoms with Crippen molar-refractivity contribution >= 4 is 45.6 Å². The highest BCUT2D eigenvalue weighted by molar-refractivity contribution is 9.09. The molecule has 2 unspecified atom stereocenters. The number of alkyl halides is 1. The maximum Gasteiger partial charge on any atom is 0.410 e. The minimum atomic E-state index is -1.32. The number of amides is 3. The smallest absolute Gasteiger partial charge is 0.410 e. The number of ether oxygens (including phenoxy) is 1. The molecule has 0 aliphatic rings. The lowest BCUT2D eigenvalue weighted by atomic mass is 10.1. The summed E-state index contributed by atoms with van der Waals surface area (Å²) in [6.45, 7) is 2.37. The number of aliphatic carboxylic acids is 1. The molecule has 0 aromatic heterocycles. The summed E-state index contributed by atoms with van der Waals surface area (Å²) in [4.78, 5) is 61.8. The zero-order valence-corrected chi connectivity index (χ0v) is 21.0. The Labute approximate surface area is 207 Å². The standard InChI is InChI=1S/C23H32BrN3O7/c1-3-13-25-20(29)12-11-19(21(30)26-18(22(31)32)10-9-17(28)14-24)27(2)23(33)34-15-16-7-5-4-6-8-16/h4-8,18-19H,3,9-15H2,1-2H3,(H,25,29)(H,26,30)(H,31,32). The van der Waals surface area contributed by atoms with Crippen molar-refractivity contribution in [3.05, 3.63) is 35.9 Å². The number of halogens is 1. The van der Waals surface area contributed by atoms with Crippen LogP contribution in [0.3, 0.4) is 0 Å². The van der Waals surface area contributed by atoms with Crippen LogP contribution in [0.2, 0.25) is 0 Å². The predicted octanol–water partition coefficient (Wildman–Crippen LogP) is 2.24. The first-order chi connectivity index (χ1) is 16.2. The predicted molar refractivity (Wildman–Crippen MR) is 128 cm³/mol. The third-order valence-corrected chi connectivity index (χ3v) is 5.58. The number of Topliss-reactive ketones (excluding diaryl/α,β-unsaturated/α-hetero) is 1. The van der Waals surface area contributed by atoms with Crippen LogP contribution >= 0.6 is 15.9 Å². The quantitative estimate of drug-likeness (QED) is 0.289. The van der Waals surface area contributed by atoms with E-state index in [0.29, 0.717) is 6.54 Å². The van der Waals surface area contributed by atoms with E-state index in [2.05, 4.69) is 26.6 Å². The van der Waals surface area contributed by atoms with Gasteiger partial charge in [-0.25, -0.2) is 9.59 Å². The van der Waals surface area contributed by atoms with Crippen LogP contribution < -0.4 is 10.6 Å². The number of nitrogens with zero attached hydrogens (tertiary/aromatic N) is 1. The van der Waals surface area contributed by atoms with Gasteiger partial charge in [0.15, 0.2) is 0 Å². The Morgan fingerprint density at radius 3 is 2.35 bits per heavy atom. The van der Waals surface area contributed by atoms with Gasteiger partial charge in [0.1, 0.15) is 24.5 Å². The summed E-state index contributed by atoms with van der Waals surface area (Å²) < 4.78 is 5.28. The lowest BCUT2D eigenvalue weighted by Gasteiger charge is -2.28. The number of nitrogens with one attached hydrogen (secondary N) is 2. The molecule has 34 heavy (non-hydrogen) atoms. The number of likely N-dealkylation sites (N-methyl/N-ethyl adjacent to an activating group) is 1. The molecule has 2 atom stereocenters. The Hall–Kier alpha value is -2.95.